The van der Waals surface area contributed by atoms with Gasteiger partial charge in [-0.2, -0.15) is 0 Å². The Bertz CT molecular complexity index is 697. The molecule has 0 spiro atoms. The van der Waals surface area contributed by atoms with Crippen LogP contribution in [0.5, 0.6) is 0 Å². The summed E-state index contributed by atoms with van der Waals surface area (Å²) in [4.78, 5) is 12.4. The molecule has 0 saturated heterocycles. The summed E-state index contributed by atoms with van der Waals surface area (Å²) < 4.78 is 0.819. The molecule has 0 aliphatic carbocycles. The van der Waals surface area contributed by atoms with E-state index in [0.29, 0.717) is 5.56 Å². The van der Waals surface area contributed by atoms with E-state index in [4.69, 9.17) is 0 Å². The van der Waals surface area contributed by atoms with Gasteiger partial charge >= 0.3 is 0 Å². The molecule has 1 aliphatic heterocycles. The molecule has 4 heteroatoms. The minimum atomic E-state index is -0.0920. The van der Waals surface area contributed by atoms with Gasteiger partial charge in [0.05, 0.1) is 5.56 Å². The summed E-state index contributed by atoms with van der Waals surface area (Å²) in [5.74, 6) is -0.0920. The van der Waals surface area contributed by atoms with Gasteiger partial charge in [-0.1, -0.05) is 6.07 Å². The standard InChI is InChI=1S/C17H17BrN2O/c1-11-4-6-14(15(18)9-11)17(21)20-13-5-7-16-12(10-13)3-2-8-19-16/h4-7,9-10,19H,2-3,8H2,1H3,(H,20,21). The Morgan fingerprint density at radius 1 is 1.24 bits per heavy atom. The molecule has 1 aliphatic rings. The second-order valence-electron chi connectivity index (χ2n) is 5.34. The van der Waals surface area contributed by atoms with Crippen molar-refractivity contribution in [2.24, 2.45) is 0 Å². The van der Waals surface area contributed by atoms with E-state index in [-0.39, 0.29) is 5.91 Å². The fourth-order valence-corrected chi connectivity index (χ4v) is 3.23. The van der Waals surface area contributed by atoms with E-state index in [1.54, 1.807) is 0 Å². The summed E-state index contributed by atoms with van der Waals surface area (Å²) in [5.41, 5.74) is 5.06. The molecular weight excluding hydrogens is 328 g/mol. The van der Waals surface area contributed by atoms with Gasteiger partial charge in [0.15, 0.2) is 0 Å². The number of rotatable bonds is 2. The Morgan fingerprint density at radius 2 is 2.10 bits per heavy atom. The highest BCUT2D eigenvalue weighted by Crippen LogP contribution is 2.26. The average molecular weight is 345 g/mol. The fourth-order valence-electron chi connectivity index (χ4n) is 2.56. The molecular formula is C17H17BrN2O. The van der Waals surface area contributed by atoms with E-state index in [1.165, 1.54) is 11.3 Å². The smallest absolute Gasteiger partial charge is 0.256 e. The first-order chi connectivity index (χ1) is 10.1. The number of fused-ring (bicyclic) bond motifs is 1. The van der Waals surface area contributed by atoms with Crippen molar-refractivity contribution < 1.29 is 4.79 Å². The maximum atomic E-state index is 12.4. The first-order valence-corrected chi connectivity index (χ1v) is 7.87. The SMILES string of the molecule is Cc1ccc(C(=O)Nc2ccc3c(c2)CCCN3)c(Br)c1. The Balaban J connectivity index is 1.81. The van der Waals surface area contributed by atoms with Crippen LogP contribution in [0.1, 0.15) is 27.9 Å². The van der Waals surface area contributed by atoms with Crippen molar-refractivity contribution in [3.63, 3.8) is 0 Å². The van der Waals surface area contributed by atoms with Gasteiger partial charge in [-0.05, 0) is 77.2 Å². The maximum Gasteiger partial charge on any atom is 0.256 e. The number of amides is 1. The summed E-state index contributed by atoms with van der Waals surface area (Å²) in [6, 6.07) is 11.8. The van der Waals surface area contributed by atoms with Crippen LogP contribution in [0.15, 0.2) is 40.9 Å². The summed E-state index contributed by atoms with van der Waals surface area (Å²) in [7, 11) is 0. The van der Waals surface area contributed by atoms with Crippen molar-refractivity contribution >= 4 is 33.2 Å². The zero-order valence-corrected chi connectivity index (χ0v) is 13.5. The number of halogens is 1. The molecule has 3 nitrogen and oxygen atoms in total. The molecule has 2 aromatic carbocycles. The van der Waals surface area contributed by atoms with E-state index in [2.05, 4.69) is 32.6 Å². The zero-order chi connectivity index (χ0) is 14.8. The molecule has 2 N–H and O–H groups in total. The minimum Gasteiger partial charge on any atom is -0.385 e. The van der Waals surface area contributed by atoms with Crippen LogP contribution in [-0.4, -0.2) is 12.5 Å². The second kappa shape index (κ2) is 5.90. The van der Waals surface area contributed by atoms with Gasteiger partial charge in [0.1, 0.15) is 0 Å². The highest BCUT2D eigenvalue weighted by molar-refractivity contribution is 9.10. The van der Waals surface area contributed by atoms with Crippen molar-refractivity contribution in [2.75, 3.05) is 17.2 Å². The Labute approximate surface area is 132 Å². The van der Waals surface area contributed by atoms with Gasteiger partial charge in [-0.3, -0.25) is 4.79 Å². The zero-order valence-electron chi connectivity index (χ0n) is 11.9. The molecule has 2 aromatic rings. The topological polar surface area (TPSA) is 41.1 Å². The summed E-state index contributed by atoms with van der Waals surface area (Å²) in [6.45, 7) is 3.03. The third-order valence-corrected chi connectivity index (χ3v) is 4.33. The van der Waals surface area contributed by atoms with Crippen LogP contribution in [0.25, 0.3) is 0 Å². The monoisotopic (exact) mass is 344 g/mol. The van der Waals surface area contributed by atoms with Gasteiger partial charge in [-0.15, -0.1) is 0 Å². The van der Waals surface area contributed by atoms with Crippen molar-refractivity contribution in [3.8, 4) is 0 Å². The molecule has 0 aromatic heterocycles. The molecule has 21 heavy (non-hydrogen) atoms. The fraction of sp³-hybridized carbons (Fsp3) is 0.235. The molecule has 0 saturated carbocycles. The number of aryl methyl sites for hydroxylation is 2. The first-order valence-electron chi connectivity index (χ1n) is 7.08. The van der Waals surface area contributed by atoms with Crippen LogP contribution < -0.4 is 10.6 Å². The minimum absolute atomic E-state index is 0.0920. The summed E-state index contributed by atoms with van der Waals surface area (Å²) >= 11 is 3.45. The lowest BCUT2D eigenvalue weighted by Gasteiger charge is -2.19. The van der Waals surface area contributed by atoms with E-state index in [1.807, 2.05) is 37.3 Å². The Morgan fingerprint density at radius 3 is 2.90 bits per heavy atom. The second-order valence-corrected chi connectivity index (χ2v) is 6.19. The lowest BCUT2D eigenvalue weighted by atomic mass is 10.0. The van der Waals surface area contributed by atoms with Gasteiger partial charge in [0, 0.05) is 22.4 Å². The molecule has 0 unspecified atom stereocenters. The predicted octanol–water partition coefficient (Wildman–Crippen LogP) is 4.37. The number of hydrogen-bond acceptors (Lipinski definition) is 2. The average Bonchev–Trinajstić information content (AvgIpc) is 2.47. The van der Waals surface area contributed by atoms with Crippen LogP contribution in [0.2, 0.25) is 0 Å². The van der Waals surface area contributed by atoms with Crippen LogP contribution in [-0.2, 0) is 6.42 Å². The Hall–Kier alpha value is -1.81. The number of anilines is 2. The lowest BCUT2D eigenvalue weighted by Crippen LogP contribution is -2.15. The van der Waals surface area contributed by atoms with Crippen molar-refractivity contribution in [1.82, 2.24) is 0 Å². The number of benzene rings is 2. The van der Waals surface area contributed by atoms with Crippen molar-refractivity contribution in [1.29, 1.82) is 0 Å². The number of nitrogens with one attached hydrogen (secondary N) is 2. The van der Waals surface area contributed by atoms with Crippen LogP contribution in [0, 0.1) is 6.92 Å². The third kappa shape index (κ3) is 3.10. The summed E-state index contributed by atoms with van der Waals surface area (Å²) in [5, 5.41) is 6.34. The molecule has 1 amide bonds. The highest BCUT2D eigenvalue weighted by Gasteiger charge is 2.13. The highest BCUT2D eigenvalue weighted by atomic mass is 79.9. The quantitative estimate of drug-likeness (QED) is 0.849. The van der Waals surface area contributed by atoms with E-state index in [0.717, 1.165) is 35.1 Å². The maximum absolute atomic E-state index is 12.4. The number of hydrogen-bond donors (Lipinski definition) is 2. The number of carbonyl (C=O) groups excluding carboxylic acids is 1. The van der Waals surface area contributed by atoms with Crippen LogP contribution >= 0.6 is 15.9 Å². The normalized spacial score (nSPS) is 13.2. The van der Waals surface area contributed by atoms with Crippen molar-refractivity contribution in [3.05, 3.63) is 57.6 Å². The number of carbonyl (C=O) groups is 1. The lowest BCUT2D eigenvalue weighted by molar-refractivity contribution is 0.102. The van der Waals surface area contributed by atoms with E-state index >= 15 is 0 Å². The molecule has 0 bridgehead atoms. The van der Waals surface area contributed by atoms with Crippen molar-refractivity contribution in [2.45, 2.75) is 19.8 Å². The Kier molecular flexibility index (Phi) is 3.97. The predicted molar refractivity (Wildman–Crippen MR) is 90.1 cm³/mol. The van der Waals surface area contributed by atoms with Gasteiger partial charge in [-0.25, -0.2) is 0 Å². The van der Waals surface area contributed by atoms with Crippen LogP contribution in [0.3, 0.4) is 0 Å². The molecule has 1 heterocycles. The molecule has 108 valence electrons. The molecule has 3 rings (SSSR count). The van der Waals surface area contributed by atoms with Crippen LogP contribution in [0.4, 0.5) is 11.4 Å². The van der Waals surface area contributed by atoms with Gasteiger partial charge in [0.25, 0.3) is 5.91 Å². The molecule has 0 radical (unpaired) electrons. The van der Waals surface area contributed by atoms with E-state index in [9.17, 15) is 4.79 Å². The molecule has 0 atom stereocenters. The van der Waals surface area contributed by atoms with Gasteiger partial charge in [0.2, 0.25) is 0 Å². The van der Waals surface area contributed by atoms with Gasteiger partial charge < -0.3 is 10.6 Å². The summed E-state index contributed by atoms with van der Waals surface area (Å²) in [6.07, 6.45) is 2.19. The third-order valence-electron chi connectivity index (χ3n) is 3.67. The van der Waals surface area contributed by atoms with E-state index < -0.39 is 0 Å². The largest absolute Gasteiger partial charge is 0.385 e. The first kappa shape index (κ1) is 14.1. The molecule has 0 fully saturated rings.